The van der Waals surface area contributed by atoms with Crippen LogP contribution in [-0.4, -0.2) is 54.5 Å². The maximum atomic E-state index is 11.2. The number of aryl methyl sites for hydroxylation is 1. The molecule has 2 saturated carbocycles. The molecule has 3 aliphatic carbocycles. The predicted molar refractivity (Wildman–Crippen MR) is 205 cm³/mol. The van der Waals surface area contributed by atoms with E-state index >= 15 is 0 Å². The second-order valence-electron chi connectivity index (χ2n) is 16.5. The monoisotopic (exact) mass is 715 g/mol. The van der Waals surface area contributed by atoms with Crippen LogP contribution in [0, 0.1) is 23.2 Å². The molecule has 0 amide bonds. The summed E-state index contributed by atoms with van der Waals surface area (Å²) in [5, 5.41) is 68.0. The highest BCUT2D eigenvalue weighted by atomic mass is 16.5. The molecule has 4 aromatic carbocycles. The number of aromatic hydroxyl groups is 5. The molecule has 0 aromatic heterocycles. The van der Waals surface area contributed by atoms with Crippen LogP contribution in [0.4, 0.5) is 0 Å². The van der Waals surface area contributed by atoms with Crippen molar-refractivity contribution < 1.29 is 35.4 Å². The highest BCUT2D eigenvalue weighted by molar-refractivity contribution is 6.03. The van der Waals surface area contributed by atoms with Gasteiger partial charge in [0.25, 0.3) is 0 Å². The van der Waals surface area contributed by atoms with Crippen molar-refractivity contribution >= 4 is 22.9 Å². The van der Waals surface area contributed by atoms with E-state index in [2.05, 4.69) is 41.7 Å². The maximum absolute atomic E-state index is 11.2. The normalized spacial score (nSPS) is 31.5. The van der Waals surface area contributed by atoms with E-state index in [0.717, 1.165) is 50.6 Å². The number of aliphatic hydroxyl groups is 1. The van der Waals surface area contributed by atoms with Crippen molar-refractivity contribution in [2.75, 3.05) is 0 Å². The first-order valence-corrected chi connectivity index (χ1v) is 19.4. The molecule has 8 nitrogen and oxygen atoms in total. The highest BCUT2D eigenvalue weighted by Crippen LogP contribution is 2.67. The van der Waals surface area contributed by atoms with Gasteiger partial charge in [-0.1, -0.05) is 66.8 Å². The standard InChI is InChI=1S/C45H49NO7/c47-32-17-19-44(24-32)18-16-29-11-12-30-21-36(29)45(44)23-31(22-40(30)53-45)46-25-28-6-4-26(5-7-28)8-14-35-33(13-9-27-10-15-37(48)39(50)20-27)34-2-1-3-38(49)41(34)43(52)42(35)51/h1-7,9-13,15,20,29-32,36,40,46-52H,8,14,16-19,21-25H2/t29?,30-,31-,32+,36-,40+,44+,45+/m0/s1. The molecule has 1 unspecified atom stereocenters. The van der Waals surface area contributed by atoms with Crippen LogP contribution in [0.1, 0.15) is 79.2 Å². The number of fused-ring (bicyclic) bond motifs is 4. The van der Waals surface area contributed by atoms with Crippen LogP contribution in [0.2, 0.25) is 0 Å². The van der Waals surface area contributed by atoms with Crippen molar-refractivity contribution in [2.24, 2.45) is 23.2 Å². The lowest BCUT2D eigenvalue weighted by atomic mass is 9.47. The van der Waals surface area contributed by atoms with Gasteiger partial charge >= 0.3 is 0 Å². The summed E-state index contributed by atoms with van der Waals surface area (Å²) in [6.07, 6.45) is 18.1. The van der Waals surface area contributed by atoms with Crippen LogP contribution in [0.3, 0.4) is 0 Å². The van der Waals surface area contributed by atoms with Crippen LogP contribution in [-0.2, 0) is 24.1 Å². The number of phenolic OH excluding ortho intramolecular Hbond substituents is 5. The van der Waals surface area contributed by atoms with E-state index in [0.29, 0.717) is 58.7 Å². The molecule has 276 valence electrons. The summed E-state index contributed by atoms with van der Waals surface area (Å²) >= 11 is 0. The second-order valence-corrected chi connectivity index (χ2v) is 16.5. The Hall–Kier alpha value is -4.50. The number of ether oxygens (including phenoxy) is 1. The average molecular weight is 716 g/mol. The van der Waals surface area contributed by atoms with E-state index in [1.54, 1.807) is 30.4 Å². The number of rotatable bonds is 8. The van der Waals surface area contributed by atoms with Crippen molar-refractivity contribution in [3.63, 3.8) is 0 Å². The molecule has 7 N–H and O–H groups in total. The summed E-state index contributed by atoms with van der Waals surface area (Å²) in [6.45, 7) is 0.766. The Morgan fingerprint density at radius 1 is 0.755 bits per heavy atom. The maximum Gasteiger partial charge on any atom is 0.169 e. The van der Waals surface area contributed by atoms with Gasteiger partial charge in [-0.2, -0.15) is 0 Å². The second kappa shape index (κ2) is 13.1. The Bertz CT molecular complexity index is 2110. The van der Waals surface area contributed by atoms with Crippen molar-refractivity contribution in [3.8, 4) is 28.7 Å². The van der Waals surface area contributed by atoms with Crippen molar-refractivity contribution in [2.45, 2.75) is 94.6 Å². The van der Waals surface area contributed by atoms with E-state index in [1.807, 2.05) is 0 Å². The Morgan fingerprint density at radius 3 is 2.34 bits per heavy atom. The van der Waals surface area contributed by atoms with Gasteiger partial charge in [0.15, 0.2) is 23.0 Å². The topological polar surface area (TPSA) is 143 Å². The first-order valence-electron chi connectivity index (χ1n) is 19.4. The van der Waals surface area contributed by atoms with Gasteiger partial charge in [0, 0.05) is 29.5 Å². The first-order chi connectivity index (χ1) is 25.6. The fraction of sp³-hybridized carbons (Fsp3) is 0.422. The molecular weight excluding hydrogens is 666 g/mol. The minimum atomic E-state index is -0.357. The summed E-state index contributed by atoms with van der Waals surface area (Å²) in [6, 6.07) is 18.4. The predicted octanol–water partition coefficient (Wildman–Crippen LogP) is 7.85. The van der Waals surface area contributed by atoms with Crippen LogP contribution < -0.4 is 5.32 Å². The summed E-state index contributed by atoms with van der Waals surface area (Å²) in [7, 11) is 0. The van der Waals surface area contributed by atoms with Gasteiger partial charge in [0.05, 0.1) is 23.2 Å². The molecule has 2 saturated heterocycles. The summed E-state index contributed by atoms with van der Waals surface area (Å²) in [5.74, 6) is 0.410. The highest BCUT2D eigenvalue weighted by Gasteiger charge is 2.67. The number of hydrogen-bond acceptors (Lipinski definition) is 8. The molecule has 2 heterocycles. The summed E-state index contributed by atoms with van der Waals surface area (Å²) in [5.41, 5.74) is 4.07. The van der Waals surface area contributed by atoms with Crippen LogP contribution in [0.5, 0.6) is 28.7 Å². The van der Waals surface area contributed by atoms with Crippen LogP contribution in [0.25, 0.3) is 22.9 Å². The number of hydrogen-bond donors (Lipinski definition) is 7. The van der Waals surface area contributed by atoms with Crippen molar-refractivity contribution in [1.29, 1.82) is 0 Å². The lowest BCUT2D eigenvalue weighted by molar-refractivity contribution is -0.291. The average Bonchev–Trinajstić information content (AvgIpc) is 3.55. The van der Waals surface area contributed by atoms with Crippen LogP contribution >= 0.6 is 0 Å². The van der Waals surface area contributed by atoms with Gasteiger partial charge in [-0.05, 0) is 122 Å². The Kier molecular flexibility index (Phi) is 8.48. The lowest BCUT2D eigenvalue weighted by Gasteiger charge is -2.67. The van der Waals surface area contributed by atoms with Crippen LogP contribution in [0.15, 0.2) is 72.8 Å². The zero-order valence-electron chi connectivity index (χ0n) is 29.9. The zero-order valence-corrected chi connectivity index (χ0v) is 29.9. The fourth-order valence-corrected chi connectivity index (χ4v) is 11.1. The van der Waals surface area contributed by atoms with Gasteiger partial charge in [-0.15, -0.1) is 0 Å². The first kappa shape index (κ1) is 34.3. The van der Waals surface area contributed by atoms with Crippen molar-refractivity contribution in [1.82, 2.24) is 5.32 Å². The van der Waals surface area contributed by atoms with E-state index in [1.165, 1.54) is 36.6 Å². The summed E-state index contributed by atoms with van der Waals surface area (Å²) < 4.78 is 7.22. The molecule has 4 fully saturated rings. The molecule has 8 heteroatoms. The van der Waals surface area contributed by atoms with E-state index in [4.69, 9.17) is 4.74 Å². The van der Waals surface area contributed by atoms with E-state index in [9.17, 15) is 30.6 Å². The Morgan fingerprint density at radius 2 is 1.55 bits per heavy atom. The van der Waals surface area contributed by atoms with E-state index < -0.39 is 0 Å². The fourth-order valence-electron chi connectivity index (χ4n) is 11.1. The largest absolute Gasteiger partial charge is 0.507 e. The SMILES string of the molecule is Oc1ccc(C=Cc2c(CCc3ccc(CN[C@H]4C[C@H]5O[C@]6(C4)[C@H]4C[C@@H]5C=CC4CC[C@]64CC[C@@H](O)C4)cc3)c(O)c(O)c3c(O)cccc23)cc1O. The molecule has 8 atom stereocenters. The molecule has 5 aliphatic rings. The minimum Gasteiger partial charge on any atom is -0.507 e. The number of allylic oxidation sites excluding steroid dienone is 1. The third-order valence-electron chi connectivity index (χ3n) is 13.7. The van der Waals surface area contributed by atoms with Gasteiger partial charge in [0.2, 0.25) is 0 Å². The molecular formula is C45H49NO7. The quantitative estimate of drug-likeness (QED) is 0.0556. The molecule has 53 heavy (non-hydrogen) atoms. The number of nitrogens with one attached hydrogen (secondary N) is 1. The smallest absolute Gasteiger partial charge is 0.169 e. The van der Waals surface area contributed by atoms with Gasteiger partial charge < -0.3 is 40.7 Å². The molecule has 4 aromatic rings. The molecule has 9 rings (SSSR count). The Balaban J connectivity index is 0.917. The number of phenols is 5. The molecule has 2 aliphatic heterocycles. The third kappa shape index (κ3) is 5.77. The molecule has 2 spiro atoms. The van der Waals surface area contributed by atoms with Gasteiger partial charge in [-0.25, -0.2) is 0 Å². The Labute approximate surface area is 310 Å². The zero-order chi connectivity index (χ0) is 36.5. The molecule has 0 radical (unpaired) electrons. The lowest BCUT2D eigenvalue weighted by Crippen LogP contribution is -2.69. The minimum absolute atomic E-state index is 0.0881. The number of aliphatic hydroxyl groups excluding tert-OH is 1. The summed E-state index contributed by atoms with van der Waals surface area (Å²) in [4.78, 5) is 0. The molecule has 4 bridgehead atoms. The van der Waals surface area contributed by atoms with E-state index in [-0.39, 0.29) is 57.4 Å². The van der Waals surface area contributed by atoms with Gasteiger partial charge in [-0.3, -0.25) is 0 Å². The van der Waals surface area contributed by atoms with Gasteiger partial charge in [0.1, 0.15) is 5.75 Å². The third-order valence-corrected chi connectivity index (χ3v) is 13.7. The number of benzene rings is 4. The van der Waals surface area contributed by atoms with Crippen molar-refractivity contribution in [3.05, 3.63) is 101 Å².